The molecule has 1 heterocycles. The second-order valence-electron chi connectivity index (χ2n) is 2.71. The predicted octanol–water partition coefficient (Wildman–Crippen LogP) is -0.586. The van der Waals surface area contributed by atoms with Crippen molar-refractivity contribution in [2.45, 2.75) is 12.0 Å². The van der Waals surface area contributed by atoms with Crippen LogP contribution in [0.5, 0.6) is 0 Å². The van der Waals surface area contributed by atoms with E-state index in [0.29, 0.717) is 19.0 Å². The monoisotopic (exact) mass is 179 g/mol. The molecule has 1 rings (SSSR count). The van der Waals surface area contributed by atoms with Crippen molar-refractivity contribution >= 4 is 11.0 Å². The largest absolute Gasteiger partial charge is 0.378 e. The first-order chi connectivity index (χ1) is 5.18. The number of hydrogen-bond acceptors (Lipinski definition) is 3. The van der Waals surface area contributed by atoms with Crippen LogP contribution in [0.2, 0.25) is 0 Å². The van der Waals surface area contributed by atoms with Crippen LogP contribution in [0.1, 0.15) is 6.42 Å². The molecular weight excluding hydrogens is 166 g/mol. The molecule has 66 valence electrons. The summed E-state index contributed by atoms with van der Waals surface area (Å²) in [5, 5.41) is 5.17. The zero-order valence-electron chi connectivity index (χ0n) is 6.54. The Balaban J connectivity index is 2.52. The van der Waals surface area contributed by atoms with Crippen LogP contribution in [-0.4, -0.2) is 35.9 Å². The first kappa shape index (κ1) is 9.12. The summed E-state index contributed by atoms with van der Waals surface area (Å²) >= 11 is 0. The molecule has 0 aromatic rings. The molecular formula is C6H13NO3S. The van der Waals surface area contributed by atoms with Crippen LogP contribution in [0.25, 0.3) is 0 Å². The molecule has 0 aromatic heterocycles. The highest BCUT2D eigenvalue weighted by molar-refractivity contribution is 7.82. The maximum atomic E-state index is 10.7. The summed E-state index contributed by atoms with van der Waals surface area (Å²) in [6.45, 7) is 1.18. The Morgan fingerprint density at radius 2 is 2.55 bits per heavy atom. The van der Waals surface area contributed by atoms with E-state index in [1.807, 2.05) is 0 Å². The Labute approximate surface area is 68.6 Å². The molecule has 0 spiro atoms. The van der Waals surface area contributed by atoms with E-state index < -0.39 is 11.0 Å². The zero-order valence-corrected chi connectivity index (χ0v) is 7.36. The van der Waals surface area contributed by atoms with Crippen LogP contribution in [0.3, 0.4) is 0 Å². The van der Waals surface area contributed by atoms with Gasteiger partial charge in [-0.25, -0.2) is 4.21 Å². The number of methoxy groups -OCH3 is 1. The van der Waals surface area contributed by atoms with Gasteiger partial charge in [-0.15, -0.1) is 0 Å². The van der Waals surface area contributed by atoms with Crippen molar-refractivity contribution < 1.29 is 13.7 Å². The fourth-order valence-corrected chi connectivity index (χ4v) is 2.05. The van der Waals surface area contributed by atoms with E-state index in [1.165, 1.54) is 0 Å². The Morgan fingerprint density at radius 3 is 2.91 bits per heavy atom. The highest BCUT2D eigenvalue weighted by atomic mass is 32.2. The highest BCUT2D eigenvalue weighted by Crippen LogP contribution is 2.22. The quantitative estimate of drug-likeness (QED) is 0.630. The third-order valence-electron chi connectivity index (χ3n) is 1.91. The molecule has 1 aliphatic heterocycles. The Bertz CT molecular complexity index is 156. The van der Waals surface area contributed by atoms with Crippen molar-refractivity contribution in [2.75, 3.05) is 26.1 Å². The second-order valence-corrected chi connectivity index (χ2v) is 3.76. The minimum absolute atomic E-state index is 0.365. The van der Waals surface area contributed by atoms with Gasteiger partial charge < -0.3 is 9.47 Å². The van der Waals surface area contributed by atoms with Crippen molar-refractivity contribution in [3.63, 3.8) is 0 Å². The molecule has 1 aliphatic rings. The molecule has 0 aliphatic carbocycles. The van der Waals surface area contributed by atoms with Crippen molar-refractivity contribution in [3.8, 4) is 0 Å². The lowest BCUT2D eigenvalue weighted by atomic mass is 10.1. The zero-order chi connectivity index (χ0) is 8.32. The van der Waals surface area contributed by atoms with Gasteiger partial charge in [0.1, 0.15) is 5.60 Å². The van der Waals surface area contributed by atoms with Gasteiger partial charge >= 0.3 is 0 Å². The summed E-state index contributed by atoms with van der Waals surface area (Å²) in [5.41, 5.74) is -0.389. The number of hydrogen-bond donors (Lipinski definition) is 1. The summed E-state index contributed by atoms with van der Waals surface area (Å²) in [6, 6.07) is 0. The van der Waals surface area contributed by atoms with E-state index in [1.54, 1.807) is 7.11 Å². The van der Waals surface area contributed by atoms with Crippen molar-refractivity contribution in [1.29, 1.82) is 0 Å². The van der Waals surface area contributed by atoms with E-state index in [0.717, 1.165) is 6.42 Å². The average molecular weight is 179 g/mol. The lowest BCUT2D eigenvalue weighted by molar-refractivity contribution is 0.00170. The number of nitrogens with two attached hydrogens (primary N) is 1. The summed E-state index contributed by atoms with van der Waals surface area (Å²) in [7, 11) is 0.299. The van der Waals surface area contributed by atoms with E-state index in [2.05, 4.69) is 0 Å². The summed E-state index contributed by atoms with van der Waals surface area (Å²) in [6.07, 6.45) is 0.784. The molecule has 1 saturated heterocycles. The van der Waals surface area contributed by atoms with Crippen LogP contribution >= 0.6 is 0 Å². The third-order valence-corrected chi connectivity index (χ3v) is 2.72. The van der Waals surface area contributed by atoms with E-state index >= 15 is 0 Å². The van der Waals surface area contributed by atoms with Gasteiger partial charge in [0, 0.05) is 20.1 Å². The van der Waals surface area contributed by atoms with E-state index in [-0.39, 0.29) is 5.60 Å². The standard InChI is InChI=1S/C6H13NO3S/c1-9-6(5-11(7)8)2-3-10-4-6/h2-5,7H2,1H3. The maximum absolute atomic E-state index is 10.7. The summed E-state index contributed by atoms with van der Waals surface area (Å²) in [4.78, 5) is 0. The minimum atomic E-state index is -1.30. The fourth-order valence-electron chi connectivity index (χ4n) is 1.18. The first-order valence-corrected chi connectivity index (χ1v) is 4.82. The van der Waals surface area contributed by atoms with Gasteiger partial charge in [0.15, 0.2) is 0 Å². The van der Waals surface area contributed by atoms with Gasteiger partial charge in [-0.2, -0.15) is 0 Å². The molecule has 0 radical (unpaired) electrons. The SMILES string of the molecule is COC1(CS(N)=O)CCOC1. The number of rotatable bonds is 3. The normalized spacial score (nSPS) is 34.0. The van der Waals surface area contributed by atoms with Crippen LogP contribution in [0.4, 0.5) is 0 Å². The highest BCUT2D eigenvalue weighted by Gasteiger charge is 2.36. The van der Waals surface area contributed by atoms with Gasteiger partial charge in [-0.1, -0.05) is 0 Å². The van der Waals surface area contributed by atoms with Gasteiger partial charge in [-0.3, -0.25) is 5.14 Å². The van der Waals surface area contributed by atoms with Gasteiger partial charge in [0.05, 0.1) is 23.3 Å². The van der Waals surface area contributed by atoms with Gasteiger partial charge in [-0.05, 0) is 0 Å². The molecule has 11 heavy (non-hydrogen) atoms. The van der Waals surface area contributed by atoms with Gasteiger partial charge in [0.2, 0.25) is 0 Å². The average Bonchev–Trinajstić information content (AvgIpc) is 2.36. The third kappa shape index (κ3) is 2.23. The predicted molar refractivity (Wildman–Crippen MR) is 42.4 cm³/mol. The first-order valence-electron chi connectivity index (χ1n) is 3.44. The van der Waals surface area contributed by atoms with E-state index in [9.17, 15) is 4.21 Å². The molecule has 0 saturated carbocycles. The molecule has 2 unspecified atom stereocenters. The lowest BCUT2D eigenvalue weighted by Crippen LogP contribution is -2.39. The molecule has 0 amide bonds. The Hall–Kier alpha value is 0.0300. The lowest BCUT2D eigenvalue weighted by Gasteiger charge is -2.23. The minimum Gasteiger partial charge on any atom is -0.378 e. The van der Waals surface area contributed by atoms with Crippen LogP contribution in [0, 0.1) is 0 Å². The van der Waals surface area contributed by atoms with Crippen molar-refractivity contribution in [2.24, 2.45) is 5.14 Å². The molecule has 0 aromatic carbocycles. The molecule has 2 N–H and O–H groups in total. The Kier molecular flexibility index (Phi) is 3.00. The molecule has 5 heteroatoms. The van der Waals surface area contributed by atoms with Gasteiger partial charge in [0.25, 0.3) is 0 Å². The van der Waals surface area contributed by atoms with Crippen LogP contribution < -0.4 is 5.14 Å². The maximum Gasteiger partial charge on any atom is 0.106 e. The molecule has 2 atom stereocenters. The topological polar surface area (TPSA) is 61.5 Å². The van der Waals surface area contributed by atoms with Crippen molar-refractivity contribution in [3.05, 3.63) is 0 Å². The molecule has 1 fully saturated rings. The molecule has 0 bridgehead atoms. The Morgan fingerprint density at radius 1 is 1.82 bits per heavy atom. The smallest absolute Gasteiger partial charge is 0.106 e. The van der Waals surface area contributed by atoms with E-state index in [4.69, 9.17) is 14.6 Å². The second kappa shape index (κ2) is 3.62. The number of ether oxygens (including phenoxy) is 2. The molecule has 4 nitrogen and oxygen atoms in total. The fraction of sp³-hybridized carbons (Fsp3) is 1.00. The summed E-state index contributed by atoms with van der Waals surface area (Å²) in [5.74, 6) is 0.365. The summed E-state index contributed by atoms with van der Waals surface area (Å²) < 4.78 is 21.1. The van der Waals surface area contributed by atoms with Crippen molar-refractivity contribution in [1.82, 2.24) is 0 Å². The van der Waals surface area contributed by atoms with Crippen LogP contribution in [-0.2, 0) is 20.5 Å². The van der Waals surface area contributed by atoms with Crippen LogP contribution in [0.15, 0.2) is 0 Å².